The van der Waals surface area contributed by atoms with Crippen molar-refractivity contribution in [2.75, 3.05) is 7.11 Å². The smallest absolute Gasteiger partial charge is 0.345 e. The lowest BCUT2D eigenvalue weighted by Crippen LogP contribution is -2.07. The summed E-state index contributed by atoms with van der Waals surface area (Å²) in [7, 11) is 1.08. The van der Waals surface area contributed by atoms with E-state index < -0.39 is 22.4 Å². The average molecular weight is 341 g/mol. The number of fused-ring (bicyclic) bond motifs is 1. The van der Waals surface area contributed by atoms with Gasteiger partial charge in [-0.25, -0.2) is 9.18 Å². The van der Waals surface area contributed by atoms with Crippen molar-refractivity contribution >= 4 is 22.4 Å². The topological polar surface area (TPSA) is 78.7 Å². The fraction of sp³-hybridized carbons (Fsp3) is 0.0556. The Balaban J connectivity index is 2.03. The monoisotopic (exact) mass is 341 g/mol. The Morgan fingerprint density at radius 3 is 2.48 bits per heavy atom. The lowest BCUT2D eigenvalue weighted by molar-refractivity contribution is -0.385. The van der Waals surface area contributed by atoms with E-state index >= 15 is 0 Å². The highest BCUT2D eigenvalue weighted by atomic mass is 19.1. The molecule has 0 radical (unpaired) electrons. The van der Waals surface area contributed by atoms with E-state index in [1.165, 1.54) is 0 Å². The number of nitrogens with zero attached hydrogens (tertiary/aromatic N) is 1. The van der Waals surface area contributed by atoms with E-state index in [0.717, 1.165) is 23.9 Å². The van der Waals surface area contributed by atoms with Crippen LogP contribution >= 0.6 is 0 Å². The molecule has 0 atom stereocenters. The number of benzene rings is 3. The van der Waals surface area contributed by atoms with Crippen molar-refractivity contribution in [2.45, 2.75) is 0 Å². The van der Waals surface area contributed by atoms with E-state index in [9.17, 15) is 19.3 Å². The van der Waals surface area contributed by atoms with Gasteiger partial charge in [-0.1, -0.05) is 30.3 Å². The molecule has 126 valence electrons. The normalized spacial score (nSPS) is 10.5. The van der Waals surface area contributed by atoms with Crippen LogP contribution in [0.2, 0.25) is 0 Å². The maximum atomic E-state index is 14.2. The summed E-state index contributed by atoms with van der Waals surface area (Å²) in [5.41, 5.74) is -1.07. The van der Waals surface area contributed by atoms with E-state index in [-0.39, 0.29) is 11.3 Å². The second kappa shape index (κ2) is 6.56. The fourth-order valence-electron chi connectivity index (χ4n) is 2.40. The Morgan fingerprint density at radius 1 is 1.08 bits per heavy atom. The van der Waals surface area contributed by atoms with Crippen LogP contribution in [-0.2, 0) is 4.74 Å². The molecule has 0 aliphatic rings. The SMILES string of the molecule is COC(=O)c1cc(Oc2ccc3ccccc3c2)c(F)cc1[N+](=O)[O-]. The molecular formula is C18H12FNO5. The third-order valence-corrected chi connectivity index (χ3v) is 3.60. The largest absolute Gasteiger partial charge is 0.465 e. The number of hydrogen-bond donors (Lipinski definition) is 0. The van der Waals surface area contributed by atoms with E-state index in [1.54, 1.807) is 18.2 Å². The van der Waals surface area contributed by atoms with Crippen LogP contribution in [0.15, 0.2) is 54.6 Å². The summed E-state index contributed by atoms with van der Waals surface area (Å²) in [6, 6.07) is 14.3. The highest BCUT2D eigenvalue weighted by Gasteiger charge is 2.25. The zero-order valence-electron chi connectivity index (χ0n) is 13.1. The average Bonchev–Trinajstić information content (AvgIpc) is 2.62. The molecule has 0 aromatic heterocycles. The summed E-state index contributed by atoms with van der Waals surface area (Å²) in [4.78, 5) is 21.9. The van der Waals surface area contributed by atoms with Gasteiger partial charge in [-0.3, -0.25) is 10.1 Å². The molecule has 0 amide bonds. The van der Waals surface area contributed by atoms with E-state index in [0.29, 0.717) is 11.8 Å². The molecule has 0 spiro atoms. The zero-order chi connectivity index (χ0) is 18.0. The quantitative estimate of drug-likeness (QED) is 0.397. The van der Waals surface area contributed by atoms with Crippen LogP contribution in [0.3, 0.4) is 0 Å². The minimum absolute atomic E-state index is 0.304. The first kappa shape index (κ1) is 16.4. The summed E-state index contributed by atoms with van der Waals surface area (Å²) in [6.07, 6.45) is 0. The third kappa shape index (κ3) is 3.25. The maximum absolute atomic E-state index is 14.2. The van der Waals surface area contributed by atoms with Gasteiger partial charge in [-0.15, -0.1) is 0 Å². The number of halogens is 1. The van der Waals surface area contributed by atoms with Gasteiger partial charge in [0.2, 0.25) is 0 Å². The molecule has 25 heavy (non-hydrogen) atoms. The van der Waals surface area contributed by atoms with Crippen LogP contribution in [0.4, 0.5) is 10.1 Å². The van der Waals surface area contributed by atoms with Gasteiger partial charge in [0.1, 0.15) is 11.3 Å². The molecule has 3 aromatic rings. The Bertz CT molecular complexity index is 986. The lowest BCUT2D eigenvalue weighted by Gasteiger charge is -2.10. The van der Waals surface area contributed by atoms with Gasteiger partial charge in [-0.2, -0.15) is 0 Å². The molecule has 0 aliphatic heterocycles. The van der Waals surface area contributed by atoms with Crippen molar-refractivity contribution in [3.8, 4) is 11.5 Å². The van der Waals surface area contributed by atoms with Gasteiger partial charge in [-0.05, 0) is 22.9 Å². The Hall–Kier alpha value is -3.48. The van der Waals surface area contributed by atoms with Gasteiger partial charge >= 0.3 is 5.97 Å². The molecule has 0 heterocycles. The van der Waals surface area contributed by atoms with Gasteiger partial charge in [0.25, 0.3) is 5.69 Å². The number of hydrogen-bond acceptors (Lipinski definition) is 5. The van der Waals surface area contributed by atoms with E-state index in [4.69, 9.17) is 4.74 Å². The van der Waals surface area contributed by atoms with Crippen LogP contribution in [0.1, 0.15) is 10.4 Å². The van der Waals surface area contributed by atoms with Crippen molar-refractivity contribution in [3.63, 3.8) is 0 Å². The summed E-state index contributed by atoms with van der Waals surface area (Å²) < 4.78 is 24.2. The van der Waals surface area contributed by atoms with Gasteiger partial charge in [0, 0.05) is 6.07 Å². The molecule has 0 N–H and O–H groups in total. The predicted molar refractivity (Wildman–Crippen MR) is 88.4 cm³/mol. The zero-order valence-corrected chi connectivity index (χ0v) is 13.1. The number of nitro benzene ring substituents is 1. The Labute approximate surface area is 141 Å². The van der Waals surface area contributed by atoms with Crippen molar-refractivity contribution in [3.05, 3.63) is 76.1 Å². The third-order valence-electron chi connectivity index (χ3n) is 3.60. The van der Waals surface area contributed by atoms with Crippen LogP contribution < -0.4 is 4.74 Å². The van der Waals surface area contributed by atoms with E-state index in [1.807, 2.05) is 24.3 Å². The van der Waals surface area contributed by atoms with Crippen LogP contribution in [0.25, 0.3) is 10.8 Å². The van der Waals surface area contributed by atoms with Crippen LogP contribution in [0, 0.1) is 15.9 Å². The first-order valence-corrected chi connectivity index (χ1v) is 7.22. The first-order valence-electron chi connectivity index (χ1n) is 7.22. The van der Waals surface area contributed by atoms with Crippen LogP contribution in [0.5, 0.6) is 11.5 Å². The fourth-order valence-corrected chi connectivity index (χ4v) is 2.40. The molecule has 6 nitrogen and oxygen atoms in total. The molecule has 7 heteroatoms. The number of carbonyl (C=O) groups is 1. The molecule has 0 fully saturated rings. The standard InChI is InChI=1S/C18H12FNO5/c1-24-18(21)14-9-17(15(19)10-16(14)20(22)23)25-13-7-6-11-4-2-3-5-12(11)8-13/h2-10H,1H3. The summed E-state index contributed by atoms with van der Waals surface area (Å²) in [5.74, 6) is -1.87. The molecule has 0 saturated carbocycles. The summed E-state index contributed by atoms with van der Waals surface area (Å²) >= 11 is 0. The summed E-state index contributed by atoms with van der Waals surface area (Å²) in [6.45, 7) is 0. The molecule has 0 unspecified atom stereocenters. The Morgan fingerprint density at radius 2 is 1.80 bits per heavy atom. The number of nitro groups is 1. The first-order chi connectivity index (χ1) is 12.0. The number of carbonyl (C=O) groups excluding carboxylic acids is 1. The van der Waals surface area contributed by atoms with Gasteiger partial charge in [0.05, 0.1) is 18.1 Å². The van der Waals surface area contributed by atoms with Crippen molar-refractivity contribution in [2.24, 2.45) is 0 Å². The molecule has 0 aliphatic carbocycles. The summed E-state index contributed by atoms with van der Waals surface area (Å²) in [5, 5.41) is 12.9. The Kier molecular flexibility index (Phi) is 4.30. The molecule has 3 rings (SSSR count). The van der Waals surface area contributed by atoms with Crippen molar-refractivity contribution in [1.29, 1.82) is 0 Å². The molecular weight excluding hydrogens is 329 g/mol. The predicted octanol–water partition coefficient (Wildman–Crippen LogP) is 4.47. The number of esters is 1. The minimum atomic E-state index is -0.951. The number of ether oxygens (including phenoxy) is 2. The second-order valence-electron chi connectivity index (χ2n) is 5.16. The molecule has 0 bridgehead atoms. The minimum Gasteiger partial charge on any atom is -0.465 e. The molecule has 3 aromatic carbocycles. The highest BCUT2D eigenvalue weighted by Crippen LogP contribution is 2.32. The highest BCUT2D eigenvalue weighted by molar-refractivity contribution is 5.94. The van der Waals surface area contributed by atoms with Gasteiger partial charge in [0.15, 0.2) is 11.6 Å². The second-order valence-corrected chi connectivity index (χ2v) is 5.16. The lowest BCUT2D eigenvalue weighted by atomic mass is 10.1. The van der Waals surface area contributed by atoms with Crippen LogP contribution in [-0.4, -0.2) is 18.0 Å². The van der Waals surface area contributed by atoms with Crippen molar-refractivity contribution < 1.29 is 23.6 Å². The number of methoxy groups -OCH3 is 1. The van der Waals surface area contributed by atoms with Gasteiger partial charge < -0.3 is 9.47 Å². The maximum Gasteiger partial charge on any atom is 0.345 e. The number of rotatable bonds is 4. The van der Waals surface area contributed by atoms with Crippen molar-refractivity contribution in [1.82, 2.24) is 0 Å². The van der Waals surface area contributed by atoms with E-state index in [2.05, 4.69) is 4.74 Å². The molecule has 0 saturated heterocycles.